The van der Waals surface area contributed by atoms with Crippen LogP contribution in [0.2, 0.25) is 0 Å². The molecule has 0 radical (unpaired) electrons. The number of hydrogen-bond acceptors (Lipinski definition) is 25. The number of oxazole rings is 1. The summed E-state index contributed by atoms with van der Waals surface area (Å²) >= 11 is 0. The zero-order valence-electron chi connectivity index (χ0n) is 79.0. The number of sulfonamides is 1. The van der Waals surface area contributed by atoms with Crippen molar-refractivity contribution in [1.82, 2.24) is 45.0 Å². The lowest BCUT2D eigenvalue weighted by atomic mass is 10.1. The maximum absolute atomic E-state index is 13.9. The molecule has 7 aromatic heterocycles. The molecule has 10 heterocycles. The van der Waals surface area contributed by atoms with Crippen LogP contribution in [0.1, 0.15) is 102 Å². The van der Waals surface area contributed by atoms with Crippen molar-refractivity contribution in [2.24, 2.45) is 0 Å². The molecule has 3 saturated heterocycles. The standard InChI is InChI=1S/C27H27F3N6O.C27H26F3N5O2.C26H28N6O2.C24H24F3N5O2S/c1-37-25-16-19(35-13-5-2-6-14-35)10-11-22(25)34-26-17-23(20(18-31-26)27(28,29)30)33-21-8-3-4-9-24(21)36-15-7-12-32-36;1-36-24-15-18(35-12-5-2-6-13-35)9-10-22(24)34-25-16-23(20(17-32-25)27(28,29)30)33-21-8-4-3-7-19(21)26-31-11-14-37-26;1-27-23-17-29-25(16-22(23)30-20-10-6-5-9-19(20)26(33)28-2)31-21-12-11-18(15-24(21)34-3)32-13-7-4-8-14-32;1-15-9-16-6-7-19(11-18(16)10-15)31-22-12-21(20(14-30-22)24(25,26)27)29-13-17-5-4-8-28-23(17)32(2)35(3,33)34/h3-4,7-12,15-18H,2,5-6,13-14H2,1H3,(H2,31,33,34);3-4,7-11,14-17H,2,5-6,12-13H2,1H3,(H2,32,33,34);5-6,9-12,15-17H,4,7-8,13-14H2,2-3H3,(H,28,33)(H2,29,30,31);4-8,11-12,14H,1,9-10,13H2,2-3H3,(H2,29,30,31). The Morgan fingerprint density at radius 2 is 0.944 bits per heavy atom. The third-order valence-corrected chi connectivity index (χ3v) is 25.3. The quantitative estimate of drug-likeness (QED) is 0.0125. The number of fused-ring (bicyclic) bond motifs is 1. The summed E-state index contributed by atoms with van der Waals surface area (Å²) in [6.07, 6.45) is 11.1. The Hall–Kier alpha value is -16.3. The molecule has 1 aliphatic carbocycles. The number of halogens is 9. The Bertz CT molecular complexity index is 6750. The largest absolute Gasteiger partial charge is 0.494 e. The number of benzene rings is 7. The molecule has 39 heteroatoms. The first kappa shape index (κ1) is 101. The summed E-state index contributed by atoms with van der Waals surface area (Å²) in [5.41, 5.74) is 10.6. The smallest absolute Gasteiger partial charge is 0.419 e. The Kier molecular flexibility index (Phi) is 32.4. The van der Waals surface area contributed by atoms with Gasteiger partial charge < -0.3 is 81.2 Å². The number of ether oxygens (including phenoxy) is 3. The molecular weight excluding hydrogens is 1870 g/mol. The zero-order chi connectivity index (χ0) is 101. The van der Waals surface area contributed by atoms with Gasteiger partial charge in [0.1, 0.15) is 52.6 Å². The highest BCUT2D eigenvalue weighted by atomic mass is 32.2. The zero-order valence-corrected chi connectivity index (χ0v) is 79.8. The minimum Gasteiger partial charge on any atom is -0.494 e. The molecule has 14 aromatic rings. The number of pyridine rings is 5. The summed E-state index contributed by atoms with van der Waals surface area (Å²) in [6, 6.07) is 55.1. The number of carbonyl (C=O) groups is 1. The third kappa shape index (κ3) is 25.9. The van der Waals surface area contributed by atoms with Crippen LogP contribution in [0.4, 0.5) is 154 Å². The molecule has 9 N–H and O–H groups in total. The van der Waals surface area contributed by atoms with Crippen molar-refractivity contribution in [2.75, 3.05) is 142 Å². The first-order valence-corrected chi connectivity index (χ1v) is 47.8. The van der Waals surface area contributed by atoms with Gasteiger partial charge in [-0.1, -0.05) is 60.7 Å². The van der Waals surface area contributed by atoms with Crippen LogP contribution < -0.4 is 81.1 Å². The van der Waals surface area contributed by atoms with Crippen molar-refractivity contribution in [3.05, 3.63) is 306 Å². The van der Waals surface area contributed by atoms with Crippen molar-refractivity contribution < 1.29 is 71.4 Å². The van der Waals surface area contributed by atoms with Gasteiger partial charge in [0.15, 0.2) is 0 Å². The van der Waals surface area contributed by atoms with E-state index in [1.165, 1.54) is 87.8 Å². The SMILES string of the molecule is C=C1Cc2ccc(Nc3cc(NCc4cccnc4N(C)S(C)(=O)=O)c(C(F)(F)F)cn3)cc2C1.COc1cc(N2CCCCC2)ccc1Nc1cc(Nc2ccccc2-c2ncco2)c(C(F)(F)F)cn1.COc1cc(N2CCCCC2)ccc1Nc1cc(Nc2ccccc2-n2cccn2)c(C(F)(F)F)cn1.[C-]#[N+]c1cnc(Nc2ccc(N3CCCCC3)cc2OC)cc1Nc1ccccc1C(=O)NC. The fraction of sp³-hybridized carbons (Fsp3) is 0.260. The monoisotopic (exact) mass is 1980 g/mol. The first-order valence-electron chi connectivity index (χ1n) is 46.0. The van der Waals surface area contributed by atoms with Crippen molar-refractivity contribution in [3.63, 3.8) is 0 Å². The molecule has 29 nitrogen and oxygen atoms in total. The second-order valence-corrected chi connectivity index (χ2v) is 35.9. The van der Waals surface area contributed by atoms with E-state index >= 15 is 0 Å². The number of carbonyl (C=O) groups excluding carboxylic acids is 1. The van der Waals surface area contributed by atoms with Gasteiger partial charge >= 0.3 is 18.5 Å². The molecule has 18 rings (SSSR count). The number of aromatic nitrogens is 8. The highest BCUT2D eigenvalue weighted by molar-refractivity contribution is 7.92. The van der Waals surface area contributed by atoms with Crippen LogP contribution in [0.15, 0.2) is 260 Å². The fourth-order valence-electron chi connectivity index (χ4n) is 16.8. The van der Waals surface area contributed by atoms with Crippen LogP contribution in [0.25, 0.3) is 22.0 Å². The van der Waals surface area contributed by atoms with Gasteiger partial charge in [-0.3, -0.25) is 14.1 Å². The van der Waals surface area contributed by atoms with E-state index in [2.05, 4.69) is 115 Å². The van der Waals surface area contributed by atoms with Gasteiger partial charge in [-0.15, -0.1) is 0 Å². The molecule has 0 saturated carbocycles. The van der Waals surface area contributed by atoms with E-state index in [1.807, 2.05) is 72.8 Å². The predicted octanol–water partition coefficient (Wildman–Crippen LogP) is 24.4. The lowest BCUT2D eigenvalue weighted by Gasteiger charge is -2.29. The molecule has 0 atom stereocenters. The van der Waals surface area contributed by atoms with E-state index in [0.29, 0.717) is 91.1 Å². The van der Waals surface area contributed by atoms with Gasteiger partial charge in [-0.2, -0.15) is 44.6 Å². The number of amides is 1. The van der Waals surface area contributed by atoms with Gasteiger partial charge in [0, 0.05) is 174 Å². The van der Waals surface area contributed by atoms with E-state index in [-0.39, 0.29) is 52.8 Å². The number of para-hydroxylation sites is 4. The first-order chi connectivity index (χ1) is 68.9. The molecule has 0 unspecified atom stereocenters. The van der Waals surface area contributed by atoms with Gasteiger partial charge in [0.25, 0.3) is 5.91 Å². The van der Waals surface area contributed by atoms with Crippen molar-refractivity contribution in [3.8, 4) is 34.4 Å². The summed E-state index contributed by atoms with van der Waals surface area (Å²) in [6.45, 7) is 17.5. The summed E-state index contributed by atoms with van der Waals surface area (Å²) in [5.74, 6) is 3.36. The van der Waals surface area contributed by atoms with E-state index in [9.17, 15) is 52.7 Å². The van der Waals surface area contributed by atoms with E-state index < -0.39 is 45.2 Å². The summed E-state index contributed by atoms with van der Waals surface area (Å²) in [7, 11) is 4.10. The Morgan fingerprint density at radius 1 is 0.476 bits per heavy atom. The van der Waals surface area contributed by atoms with E-state index in [4.69, 9.17) is 25.2 Å². The number of piperidine rings is 3. The molecule has 3 fully saturated rings. The van der Waals surface area contributed by atoms with Gasteiger partial charge in [-0.25, -0.2) is 42.9 Å². The lowest BCUT2D eigenvalue weighted by Crippen LogP contribution is -2.29. The van der Waals surface area contributed by atoms with Crippen LogP contribution in [-0.2, 0) is 47.9 Å². The second kappa shape index (κ2) is 45.8. The Morgan fingerprint density at radius 3 is 1.44 bits per heavy atom. The number of hydrogen-bond donors (Lipinski definition) is 9. The van der Waals surface area contributed by atoms with Crippen molar-refractivity contribution in [2.45, 2.75) is 95.7 Å². The number of alkyl halides is 9. The second-order valence-electron chi connectivity index (χ2n) is 33.8. The molecular formula is C104H105F9N22O7S. The Balaban J connectivity index is 0.000000144. The number of nitrogens with zero attached hydrogens (tertiary/aromatic N) is 13. The van der Waals surface area contributed by atoms with Crippen LogP contribution in [-0.4, -0.2) is 135 Å². The number of anilines is 19. The maximum Gasteiger partial charge on any atom is 0.419 e. The minimum absolute atomic E-state index is 0.0868. The molecule has 1 amide bonds. The molecule has 0 bridgehead atoms. The average molecular weight is 1980 g/mol. The molecule has 7 aromatic carbocycles. The molecule has 3 aliphatic heterocycles. The Labute approximate surface area is 821 Å². The summed E-state index contributed by atoms with van der Waals surface area (Å²) < 4.78 is 173. The fourth-order valence-corrected chi connectivity index (χ4v) is 17.3. The van der Waals surface area contributed by atoms with Crippen molar-refractivity contribution >= 4 is 130 Å². The number of methoxy groups -OCH3 is 3. The van der Waals surface area contributed by atoms with Gasteiger partial charge in [0.05, 0.1) is 125 Å². The van der Waals surface area contributed by atoms with E-state index in [0.717, 1.165) is 147 Å². The van der Waals surface area contributed by atoms with Crippen LogP contribution in [0, 0.1) is 6.57 Å². The average Bonchev–Trinajstić information content (AvgIpc) is 1.80. The summed E-state index contributed by atoms with van der Waals surface area (Å²) in [5, 5.41) is 31.3. The van der Waals surface area contributed by atoms with Crippen LogP contribution in [0.5, 0.6) is 17.2 Å². The van der Waals surface area contributed by atoms with Crippen molar-refractivity contribution in [1.29, 1.82) is 0 Å². The maximum atomic E-state index is 13.9. The number of allylic oxidation sites excluding steroid dienone is 1. The van der Waals surface area contributed by atoms with E-state index in [1.54, 1.807) is 136 Å². The summed E-state index contributed by atoms with van der Waals surface area (Å²) in [4.78, 5) is 47.5. The number of rotatable bonds is 28. The predicted molar refractivity (Wildman–Crippen MR) is 542 cm³/mol. The molecule has 4 aliphatic rings. The van der Waals surface area contributed by atoms with Crippen LogP contribution in [0.3, 0.4) is 0 Å². The molecule has 0 spiro atoms. The topological polar surface area (TPSA) is 313 Å². The third-order valence-electron chi connectivity index (χ3n) is 24.1. The van der Waals surface area contributed by atoms with Gasteiger partial charge in [-0.05, 0) is 185 Å². The molecule has 143 heavy (non-hydrogen) atoms. The normalized spacial score (nSPS) is 13.6. The van der Waals surface area contributed by atoms with Gasteiger partial charge in [0.2, 0.25) is 21.6 Å². The number of nitrogens with one attached hydrogen (secondary N) is 9. The minimum atomic E-state index is -4.64. The highest BCUT2D eigenvalue weighted by Crippen LogP contribution is 2.46. The highest BCUT2D eigenvalue weighted by Gasteiger charge is 2.38. The lowest BCUT2D eigenvalue weighted by molar-refractivity contribution is -0.138. The molecule has 742 valence electrons. The van der Waals surface area contributed by atoms with Crippen LogP contribution >= 0.6 is 0 Å².